The van der Waals surface area contributed by atoms with Crippen LogP contribution < -0.4 is 10.1 Å². The van der Waals surface area contributed by atoms with Crippen molar-refractivity contribution in [2.45, 2.75) is 39.2 Å². The van der Waals surface area contributed by atoms with Crippen molar-refractivity contribution in [2.24, 2.45) is 0 Å². The first-order valence-corrected chi connectivity index (χ1v) is 8.63. The van der Waals surface area contributed by atoms with Gasteiger partial charge in [-0.3, -0.25) is 14.9 Å². The second-order valence-corrected chi connectivity index (χ2v) is 5.99. The fraction of sp³-hybridized carbons (Fsp3) is 0.389. The SMILES string of the molecule is CCCCC(OC(=O)c1cc([N+](=O)[O-])ccc1OC)C(=O)Nc1cc(C)on1. The van der Waals surface area contributed by atoms with E-state index in [0.29, 0.717) is 12.2 Å². The van der Waals surface area contributed by atoms with Crippen molar-refractivity contribution < 1.29 is 28.5 Å². The molecule has 0 spiro atoms. The molecule has 150 valence electrons. The number of nitrogens with zero attached hydrogens (tertiary/aromatic N) is 2. The lowest BCUT2D eigenvalue weighted by Gasteiger charge is -2.17. The molecular weight excluding hydrogens is 370 g/mol. The van der Waals surface area contributed by atoms with Crippen LogP contribution in [0.15, 0.2) is 28.8 Å². The second kappa shape index (κ2) is 9.49. The Morgan fingerprint density at radius 1 is 1.36 bits per heavy atom. The number of amides is 1. The van der Waals surface area contributed by atoms with Crippen LogP contribution >= 0.6 is 0 Å². The molecule has 0 bridgehead atoms. The number of anilines is 1. The van der Waals surface area contributed by atoms with Crippen molar-refractivity contribution in [1.82, 2.24) is 5.16 Å². The minimum absolute atomic E-state index is 0.109. The van der Waals surface area contributed by atoms with E-state index in [4.69, 9.17) is 14.0 Å². The Bertz CT molecular complexity index is 863. The molecule has 10 heteroatoms. The Labute approximate surface area is 160 Å². The van der Waals surface area contributed by atoms with E-state index in [-0.39, 0.29) is 29.2 Å². The lowest BCUT2D eigenvalue weighted by atomic mass is 10.1. The highest BCUT2D eigenvalue weighted by Gasteiger charge is 2.27. The maximum atomic E-state index is 12.6. The molecule has 2 aromatic rings. The summed E-state index contributed by atoms with van der Waals surface area (Å²) in [5.41, 5.74) is -0.427. The van der Waals surface area contributed by atoms with Crippen molar-refractivity contribution in [3.63, 3.8) is 0 Å². The van der Waals surface area contributed by atoms with Gasteiger partial charge in [0.05, 0.1) is 12.0 Å². The number of nitrogens with one attached hydrogen (secondary N) is 1. The van der Waals surface area contributed by atoms with Crippen LogP contribution in [0, 0.1) is 17.0 Å². The maximum Gasteiger partial charge on any atom is 0.342 e. The summed E-state index contributed by atoms with van der Waals surface area (Å²) in [4.78, 5) is 35.5. The summed E-state index contributed by atoms with van der Waals surface area (Å²) >= 11 is 0. The number of benzene rings is 1. The smallest absolute Gasteiger partial charge is 0.342 e. The van der Waals surface area contributed by atoms with Gasteiger partial charge in [-0.05, 0) is 25.8 Å². The van der Waals surface area contributed by atoms with Crippen LogP contribution in [0.25, 0.3) is 0 Å². The molecule has 1 aromatic heterocycles. The van der Waals surface area contributed by atoms with Gasteiger partial charge >= 0.3 is 5.97 Å². The van der Waals surface area contributed by atoms with Crippen LogP contribution in [0.2, 0.25) is 0 Å². The molecule has 2 rings (SSSR count). The van der Waals surface area contributed by atoms with E-state index in [1.54, 1.807) is 6.92 Å². The average Bonchev–Trinajstić information content (AvgIpc) is 3.08. The minimum Gasteiger partial charge on any atom is -0.496 e. The van der Waals surface area contributed by atoms with Crippen LogP contribution in [-0.4, -0.2) is 35.2 Å². The van der Waals surface area contributed by atoms with Gasteiger partial charge in [-0.25, -0.2) is 4.79 Å². The number of non-ortho nitro benzene ring substituents is 1. The van der Waals surface area contributed by atoms with Crippen LogP contribution in [0.3, 0.4) is 0 Å². The third-order valence-corrected chi connectivity index (χ3v) is 3.85. The van der Waals surface area contributed by atoms with Gasteiger partial charge in [0, 0.05) is 18.2 Å². The Kier molecular flexibility index (Phi) is 7.08. The number of unbranched alkanes of at least 4 members (excludes halogenated alkanes) is 1. The van der Waals surface area contributed by atoms with Crippen molar-refractivity contribution in [1.29, 1.82) is 0 Å². The molecule has 10 nitrogen and oxygen atoms in total. The number of carbonyl (C=O) groups excluding carboxylic acids is 2. The largest absolute Gasteiger partial charge is 0.496 e. The predicted molar refractivity (Wildman–Crippen MR) is 98.2 cm³/mol. The summed E-state index contributed by atoms with van der Waals surface area (Å²) in [6.45, 7) is 3.60. The van der Waals surface area contributed by atoms with Crippen molar-refractivity contribution in [3.8, 4) is 5.75 Å². The van der Waals surface area contributed by atoms with E-state index in [9.17, 15) is 19.7 Å². The molecule has 0 fully saturated rings. The summed E-state index contributed by atoms with van der Waals surface area (Å²) in [6, 6.07) is 5.09. The van der Waals surface area contributed by atoms with Gasteiger partial charge < -0.3 is 19.3 Å². The minimum atomic E-state index is -1.10. The first kappa shape index (κ1) is 20.9. The van der Waals surface area contributed by atoms with Gasteiger partial charge in [-0.1, -0.05) is 18.5 Å². The summed E-state index contributed by atoms with van der Waals surface area (Å²) in [5.74, 6) is -0.642. The maximum absolute atomic E-state index is 12.6. The highest BCUT2D eigenvalue weighted by molar-refractivity contribution is 5.98. The number of nitro benzene ring substituents is 1. The molecule has 1 unspecified atom stereocenters. The number of methoxy groups -OCH3 is 1. The van der Waals surface area contributed by atoms with Crippen LogP contribution in [-0.2, 0) is 9.53 Å². The molecule has 1 aromatic carbocycles. The number of ether oxygens (including phenoxy) is 2. The molecule has 0 aliphatic carbocycles. The van der Waals surface area contributed by atoms with Crippen LogP contribution in [0.1, 0.15) is 42.3 Å². The molecule has 1 amide bonds. The van der Waals surface area contributed by atoms with E-state index >= 15 is 0 Å². The predicted octanol–water partition coefficient (Wildman–Crippen LogP) is 3.25. The van der Waals surface area contributed by atoms with E-state index in [1.165, 1.54) is 25.3 Å². The highest BCUT2D eigenvalue weighted by atomic mass is 16.6. The number of carbonyl (C=O) groups is 2. The number of aryl methyl sites for hydroxylation is 1. The van der Waals surface area contributed by atoms with Crippen LogP contribution in [0.4, 0.5) is 11.5 Å². The molecule has 0 radical (unpaired) electrons. The summed E-state index contributed by atoms with van der Waals surface area (Å²) in [7, 11) is 1.33. The number of aromatic nitrogens is 1. The number of esters is 1. The molecule has 28 heavy (non-hydrogen) atoms. The Morgan fingerprint density at radius 2 is 2.11 bits per heavy atom. The lowest BCUT2D eigenvalue weighted by molar-refractivity contribution is -0.384. The van der Waals surface area contributed by atoms with E-state index in [1.807, 2.05) is 6.92 Å². The molecule has 0 saturated carbocycles. The monoisotopic (exact) mass is 391 g/mol. The fourth-order valence-corrected chi connectivity index (χ4v) is 2.43. The average molecular weight is 391 g/mol. The molecule has 1 heterocycles. The first-order chi connectivity index (χ1) is 13.3. The van der Waals surface area contributed by atoms with Gasteiger partial charge in [-0.2, -0.15) is 0 Å². The molecule has 1 atom stereocenters. The number of hydrogen-bond acceptors (Lipinski definition) is 8. The number of rotatable bonds is 9. The van der Waals surface area contributed by atoms with Gasteiger partial charge in [0.25, 0.3) is 11.6 Å². The normalized spacial score (nSPS) is 11.5. The molecular formula is C18H21N3O7. The van der Waals surface area contributed by atoms with Gasteiger partial charge in [0.2, 0.25) is 0 Å². The van der Waals surface area contributed by atoms with Gasteiger partial charge in [-0.15, -0.1) is 0 Å². The zero-order chi connectivity index (χ0) is 20.7. The quantitative estimate of drug-likeness (QED) is 0.391. The Hall–Kier alpha value is -3.43. The third kappa shape index (κ3) is 5.29. The van der Waals surface area contributed by atoms with Crippen molar-refractivity contribution >= 4 is 23.4 Å². The topological polar surface area (TPSA) is 134 Å². The van der Waals surface area contributed by atoms with Crippen LogP contribution in [0.5, 0.6) is 5.75 Å². The molecule has 1 N–H and O–H groups in total. The summed E-state index contributed by atoms with van der Waals surface area (Å²) < 4.78 is 15.3. The molecule has 0 saturated heterocycles. The number of hydrogen-bond donors (Lipinski definition) is 1. The molecule has 0 aliphatic heterocycles. The van der Waals surface area contributed by atoms with Crippen molar-refractivity contribution in [3.05, 3.63) is 45.7 Å². The standard InChI is InChI=1S/C18H21N3O7/c1-4-5-6-15(17(22)19-16-9-11(2)28-20-16)27-18(23)13-10-12(21(24)25)7-8-14(13)26-3/h7-10,15H,4-6H2,1-3H3,(H,19,20,22). The van der Waals surface area contributed by atoms with Gasteiger partial charge in [0.1, 0.15) is 17.1 Å². The second-order valence-electron chi connectivity index (χ2n) is 5.99. The zero-order valence-electron chi connectivity index (χ0n) is 15.8. The highest BCUT2D eigenvalue weighted by Crippen LogP contribution is 2.25. The Balaban J connectivity index is 2.21. The Morgan fingerprint density at radius 3 is 2.68 bits per heavy atom. The zero-order valence-corrected chi connectivity index (χ0v) is 15.8. The van der Waals surface area contributed by atoms with Crippen molar-refractivity contribution in [2.75, 3.05) is 12.4 Å². The van der Waals surface area contributed by atoms with E-state index in [2.05, 4.69) is 10.5 Å². The lowest BCUT2D eigenvalue weighted by Crippen LogP contribution is -2.33. The fourth-order valence-electron chi connectivity index (χ4n) is 2.43. The van der Waals surface area contributed by atoms with Gasteiger partial charge in [0.15, 0.2) is 11.9 Å². The van der Waals surface area contributed by atoms with E-state index < -0.39 is 22.9 Å². The summed E-state index contributed by atoms with van der Waals surface area (Å²) in [6.07, 6.45) is 0.593. The first-order valence-electron chi connectivity index (χ1n) is 8.63. The number of nitro groups is 1. The summed E-state index contributed by atoms with van der Waals surface area (Å²) in [5, 5.41) is 17.2. The third-order valence-electron chi connectivity index (χ3n) is 3.85. The molecule has 0 aliphatic rings. The van der Waals surface area contributed by atoms with E-state index in [0.717, 1.165) is 12.5 Å².